The molecule has 0 unspecified atom stereocenters. The first-order chi connectivity index (χ1) is 15.2. The van der Waals surface area contributed by atoms with Gasteiger partial charge in [-0.05, 0) is 48.0 Å². The summed E-state index contributed by atoms with van der Waals surface area (Å²) in [5.41, 5.74) is 0.530. The lowest BCUT2D eigenvalue weighted by Gasteiger charge is -2.07. The highest BCUT2D eigenvalue weighted by molar-refractivity contribution is 5.91. The zero-order valence-corrected chi connectivity index (χ0v) is 16.4. The van der Waals surface area contributed by atoms with Crippen molar-refractivity contribution in [3.63, 3.8) is 0 Å². The third-order valence-corrected chi connectivity index (χ3v) is 4.26. The van der Waals surface area contributed by atoms with Crippen molar-refractivity contribution in [2.75, 3.05) is 19.9 Å². The fourth-order valence-corrected chi connectivity index (χ4v) is 2.78. The van der Waals surface area contributed by atoms with E-state index in [-0.39, 0.29) is 25.1 Å². The highest BCUT2D eigenvalue weighted by Gasteiger charge is 2.13. The van der Waals surface area contributed by atoms with Crippen LogP contribution in [0.25, 0.3) is 6.08 Å². The summed E-state index contributed by atoms with van der Waals surface area (Å²) in [5, 5.41) is 2.70. The summed E-state index contributed by atoms with van der Waals surface area (Å²) in [6.45, 7) is 0.795. The first-order valence-electron chi connectivity index (χ1n) is 9.53. The van der Waals surface area contributed by atoms with Crippen molar-refractivity contribution in [3.05, 3.63) is 78.4 Å². The second kappa shape index (κ2) is 9.62. The Kier molecular flexibility index (Phi) is 6.27. The minimum atomic E-state index is -0.538. The summed E-state index contributed by atoms with van der Waals surface area (Å²) in [5.74, 6) is 1.60. The molecule has 0 saturated carbocycles. The predicted molar refractivity (Wildman–Crippen MR) is 111 cm³/mol. The summed E-state index contributed by atoms with van der Waals surface area (Å²) < 4.78 is 35.8. The largest absolute Gasteiger partial charge is 0.492 e. The molecule has 0 radical (unpaired) electrons. The number of hydrogen-bond acceptors (Lipinski definition) is 6. The number of benzene rings is 2. The van der Waals surface area contributed by atoms with E-state index < -0.39 is 5.82 Å². The monoisotopic (exact) mass is 422 g/mol. The lowest BCUT2D eigenvalue weighted by atomic mass is 10.2. The van der Waals surface area contributed by atoms with Crippen LogP contribution in [-0.4, -0.2) is 30.8 Å². The number of halogens is 1. The molecule has 2 aromatic carbocycles. The standard InChI is InChI=1S/C23H19FN2O5/c24-19-12-16(3-6-20(19)31-18-2-1-9-25-14-18)4-8-23(27)26-10-11-28-17-5-7-21-22(13-17)30-15-29-21/h1-9,12-14H,10-11,15H2,(H,26,27)/b8-4+. The molecule has 0 spiro atoms. The summed E-state index contributed by atoms with van der Waals surface area (Å²) >= 11 is 0. The number of rotatable bonds is 8. The van der Waals surface area contributed by atoms with Crippen molar-refractivity contribution in [1.29, 1.82) is 0 Å². The van der Waals surface area contributed by atoms with Crippen LogP contribution in [0.2, 0.25) is 0 Å². The van der Waals surface area contributed by atoms with Gasteiger partial charge in [-0.2, -0.15) is 0 Å². The first kappa shape index (κ1) is 20.2. The molecule has 31 heavy (non-hydrogen) atoms. The van der Waals surface area contributed by atoms with Crippen LogP contribution in [0.1, 0.15) is 5.56 Å². The van der Waals surface area contributed by atoms with Gasteiger partial charge in [0.05, 0.1) is 12.7 Å². The molecule has 0 aliphatic carbocycles. The summed E-state index contributed by atoms with van der Waals surface area (Å²) in [6, 6.07) is 13.1. The van der Waals surface area contributed by atoms with Gasteiger partial charge in [0, 0.05) is 18.3 Å². The first-order valence-corrected chi connectivity index (χ1v) is 9.53. The lowest BCUT2D eigenvalue weighted by Crippen LogP contribution is -2.26. The number of fused-ring (bicyclic) bond motifs is 1. The summed E-state index contributed by atoms with van der Waals surface area (Å²) in [7, 11) is 0. The summed E-state index contributed by atoms with van der Waals surface area (Å²) in [4.78, 5) is 15.9. The quantitative estimate of drug-likeness (QED) is 0.438. The molecule has 8 heteroatoms. The maximum absolute atomic E-state index is 14.2. The van der Waals surface area contributed by atoms with Gasteiger partial charge in [-0.25, -0.2) is 4.39 Å². The Labute approximate surface area is 178 Å². The van der Waals surface area contributed by atoms with E-state index in [2.05, 4.69) is 10.3 Å². The van der Waals surface area contributed by atoms with Gasteiger partial charge in [0.25, 0.3) is 0 Å². The molecule has 158 valence electrons. The van der Waals surface area contributed by atoms with Crippen molar-refractivity contribution in [2.24, 2.45) is 0 Å². The average molecular weight is 422 g/mol. The fourth-order valence-electron chi connectivity index (χ4n) is 2.78. The van der Waals surface area contributed by atoms with Crippen LogP contribution < -0.4 is 24.3 Å². The van der Waals surface area contributed by atoms with Gasteiger partial charge in [0.2, 0.25) is 12.7 Å². The lowest BCUT2D eigenvalue weighted by molar-refractivity contribution is -0.116. The van der Waals surface area contributed by atoms with E-state index in [0.717, 1.165) is 0 Å². The Bertz CT molecular complexity index is 1090. The molecule has 0 atom stereocenters. The van der Waals surface area contributed by atoms with E-state index >= 15 is 0 Å². The second-order valence-corrected chi connectivity index (χ2v) is 6.47. The van der Waals surface area contributed by atoms with Gasteiger partial charge < -0.3 is 24.3 Å². The van der Waals surface area contributed by atoms with Crippen LogP contribution in [0, 0.1) is 5.82 Å². The van der Waals surface area contributed by atoms with Gasteiger partial charge in [-0.1, -0.05) is 6.07 Å². The summed E-state index contributed by atoms with van der Waals surface area (Å²) in [6.07, 6.45) is 5.95. The number of amides is 1. The Morgan fingerprint density at radius 3 is 2.87 bits per heavy atom. The Morgan fingerprint density at radius 1 is 1.13 bits per heavy atom. The molecule has 7 nitrogen and oxygen atoms in total. The molecule has 0 saturated heterocycles. The van der Waals surface area contributed by atoms with E-state index in [1.807, 2.05) is 0 Å². The molecule has 0 fully saturated rings. The number of pyridine rings is 1. The van der Waals surface area contributed by atoms with E-state index in [9.17, 15) is 9.18 Å². The fraction of sp³-hybridized carbons (Fsp3) is 0.130. The predicted octanol–water partition coefficient (Wildman–Crippen LogP) is 3.95. The number of hydrogen-bond donors (Lipinski definition) is 1. The van der Waals surface area contributed by atoms with Gasteiger partial charge in [0.15, 0.2) is 23.1 Å². The normalized spacial score (nSPS) is 12.0. The number of nitrogens with zero attached hydrogens (tertiary/aromatic N) is 1. The molecule has 2 heterocycles. The zero-order chi connectivity index (χ0) is 21.5. The number of aromatic nitrogens is 1. The SMILES string of the molecule is O=C(/C=C/c1ccc(Oc2cccnc2)c(F)c1)NCCOc1ccc2c(c1)OCO2. The van der Waals surface area contributed by atoms with E-state index in [1.165, 1.54) is 30.5 Å². The van der Waals surface area contributed by atoms with Crippen molar-refractivity contribution < 1.29 is 28.1 Å². The van der Waals surface area contributed by atoms with Crippen molar-refractivity contribution in [2.45, 2.75) is 0 Å². The maximum Gasteiger partial charge on any atom is 0.244 e. The van der Waals surface area contributed by atoms with E-state index in [1.54, 1.807) is 42.6 Å². The molecule has 1 amide bonds. The second-order valence-electron chi connectivity index (χ2n) is 6.47. The number of ether oxygens (including phenoxy) is 4. The molecule has 1 aliphatic rings. The maximum atomic E-state index is 14.2. The van der Waals surface area contributed by atoms with Gasteiger partial charge in [0.1, 0.15) is 18.1 Å². The van der Waals surface area contributed by atoms with Crippen LogP contribution in [-0.2, 0) is 4.79 Å². The van der Waals surface area contributed by atoms with E-state index in [4.69, 9.17) is 18.9 Å². The third kappa shape index (κ3) is 5.51. The number of nitrogens with one attached hydrogen (secondary N) is 1. The van der Waals surface area contributed by atoms with Gasteiger partial charge in [-0.15, -0.1) is 0 Å². The smallest absolute Gasteiger partial charge is 0.244 e. The van der Waals surface area contributed by atoms with Crippen LogP contribution in [0.5, 0.6) is 28.7 Å². The zero-order valence-electron chi connectivity index (χ0n) is 16.4. The Hall–Kier alpha value is -4.07. The molecule has 0 bridgehead atoms. The topological polar surface area (TPSA) is 78.9 Å². The molecule has 1 aliphatic heterocycles. The van der Waals surface area contributed by atoms with E-state index in [0.29, 0.717) is 35.1 Å². The van der Waals surface area contributed by atoms with Gasteiger partial charge in [-0.3, -0.25) is 9.78 Å². The minimum Gasteiger partial charge on any atom is -0.492 e. The molecule has 4 rings (SSSR count). The molecular weight excluding hydrogens is 403 g/mol. The molecule has 1 N–H and O–H groups in total. The highest BCUT2D eigenvalue weighted by atomic mass is 19.1. The molecular formula is C23H19FN2O5. The molecule has 1 aromatic heterocycles. The van der Waals surface area contributed by atoms with Crippen molar-refractivity contribution in [3.8, 4) is 28.7 Å². The van der Waals surface area contributed by atoms with Gasteiger partial charge >= 0.3 is 0 Å². The minimum absolute atomic E-state index is 0.0790. The van der Waals surface area contributed by atoms with Crippen LogP contribution in [0.3, 0.4) is 0 Å². The van der Waals surface area contributed by atoms with Crippen molar-refractivity contribution in [1.82, 2.24) is 10.3 Å². The number of carbonyl (C=O) groups is 1. The highest BCUT2D eigenvalue weighted by Crippen LogP contribution is 2.35. The third-order valence-electron chi connectivity index (χ3n) is 4.26. The number of carbonyl (C=O) groups excluding carboxylic acids is 1. The molecule has 3 aromatic rings. The van der Waals surface area contributed by atoms with Crippen LogP contribution in [0.15, 0.2) is 67.0 Å². The Morgan fingerprint density at radius 2 is 2.03 bits per heavy atom. The Balaban J connectivity index is 1.23. The van der Waals surface area contributed by atoms with Crippen LogP contribution >= 0.6 is 0 Å². The average Bonchev–Trinajstić information content (AvgIpc) is 3.26. The van der Waals surface area contributed by atoms with Crippen molar-refractivity contribution >= 4 is 12.0 Å². The van der Waals surface area contributed by atoms with Crippen LogP contribution in [0.4, 0.5) is 4.39 Å².